The van der Waals surface area contributed by atoms with Crippen molar-refractivity contribution in [2.75, 3.05) is 33.2 Å². The van der Waals surface area contributed by atoms with E-state index in [9.17, 15) is 0 Å². The number of piperazine rings is 1. The average molecular weight is 200 g/mol. The van der Waals surface area contributed by atoms with Crippen molar-refractivity contribution in [3.8, 4) is 0 Å². The zero-order valence-electron chi connectivity index (χ0n) is 9.64. The molecule has 0 atom stereocenters. The molecule has 1 aliphatic heterocycles. The Morgan fingerprint density at radius 3 is 2.08 bits per heavy atom. The van der Waals surface area contributed by atoms with E-state index in [0.29, 0.717) is 5.41 Å². The molecule has 1 aliphatic rings. The summed E-state index contributed by atoms with van der Waals surface area (Å²) in [4.78, 5) is 2.43. The third kappa shape index (κ3) is 4.79. The summed E-state index contributed by atoms with van der Waals surface area (Å²) >= 11 is 0. The van der Waals surface area contributed by atoms with Crippen molar-refractivity contribution in [2.24, 2.45) is 5.41 Å². The third-order valence-electron chi connectivity index (χ3n) is 2.77. The standard InChI is InChI=1S/C10H24N2Si/c1-10(2,3)9-13-12-7-5-11(4)6-8-12/h5-9,13H2,1-4H3. The smallest absolute Gasteiger partial charge is 0.0957 e. The van der Waals surface area contributed by atoms with Crippen LogP contribution in [0.4, 0.5) is 0 Å². The minimum absolute atomic E-state index is 0.0454. The number of rotatable bonds is 2. The summed E-state index contributed by atoms with van der Waals surface area (Å²) in [5.41, 5.74) is 0.551. The van der Waals surface area contributed by atoms with E-state index in [4.69, 9.17) is 0 Å². The Morgan fingerprint density at radius 1 is 1.08 bits per heavy atom. The summed E-state index contributed by atoms with van der Waals surface area (Å²) in [7, 11) is 2.27. The van der Waals surface area contributed by atoms with Crippen molar-refractivity contribution >= 4 is 9.68 Å². The van der Waals surface area contributed by atoms with Crippen LogP contribution >= 0.6 is 0 Å². The van der Waals surface area contributed by atoms with E-state index < -0.39 is 0 Å². The predicted octanol–water partition coefficient (Wildman–Crippen LogP) is 0.782. The molecular weight excluding hydrogens is 176 g/mol. The van der Waals surface area contributed by atoms with Crippen LogP contribution in [0.1, 0.15) is 20.8 Å². The minimum atomic E-state index is 0.0454. The second-order valence-corrected chi connectivity index (χ2v) is 7.30. The van der Waals surface area contributed by atoms with Gasteiger partial charge in [-0.2, -0.15) is 0 Å². The van der Waals surface area contributed by atoms with Crippen LogP contribution in [0.3, 0.4) is 0 Å². The van der Waals surface area contributed by atoms with Gasteiger partial charge in [-0.05, 0) is 18.5 Å². The largest absolute Gasteiger partial charge is 0.327 e. The van der Waals surface area contributed by atoms with Gasteiger partial charge < -0.3 is 9.47 Å². The highest BCUT2D eigenvalue weighted by atomic mass is 28.2. The number of nitrogens with zero attached hydrogens (tertiary/aromatic N) is 2. The van der Waals surface area contributed by atoms with Crippen LogP contribution < -0.4 is 0 Å². The van der Waals surface area contributed by atoms with Gasteiger partial charge in [0.05, 0.1) is 9.68 Å². The molecule has 0 bridgehead atoms. The number of hydrogen-bond donors (Lipinski definition) is 0. The summed E-state index contributed by atoms with van der Waals surface area (Å²) < 4.78 is 2.73. The lowest BCUT2D eigenvalue weighted by Gasteiger charge is -2.33. The van der Waals surface area contributed by atoms with Crippen LogP contribution in [0.2, 0.25) is 6.04 Å². The van der Waals surface area contributed by atoms with Crippen LogP contribution in [-0.2, 0) is 0 Å². The van der Waals surface area contributed by atoms with E-state index >= 15 is 0 Å². The van der Waals surface area contributed by atoms with Gasteiger partial charge in [0.15, 0.2) is 0 Å². The van der Waals surface area contributed by atoms with Gasteiger partial charge in [-0.15, -0.1) is 0 Å². The maximum atomic E-state index is 2.73. The SMILES string of the molecule is CN1CCN([SiH2]CC(C)(C)C)CC1. The molecule has 1 heterocycles. The molecule has 13 heavy (non-hydrogen) atoms. The Labute approximate surface area is 85.2 Å². The lowest BCUT2D eigenvalue weighted by molar-refractivity contribution is 0.222. The van der Waals surface area contributed by atoms with Crippen molar-refractivity contribution in [1.29, 1.82) is 0 Å². The summed E-state index contributed by atoms with van der Waals surface area (Å²) in [5, 5.41) is 0. The van der Waals surface area contributed by atoms with Gasteiger partial charge in [-0.1, -0.05) is 20.8 Å². The highest BCUT2D eigenvalue weighted by molar-refractivity contribution is 6.32. The lowest BCUT2D eigenvalue weighted by atomic mass is 10.0. The molecule has 0 saturated carbocycles. The van der Waals surface area contributed by atoms with Crippen LogP contribution in [0, 0.1) is 5.41 Å². The van der Waals surface area contributed by atoms with Gasteiger partial charge >= 0.3 is 0 Å². The monoisotopic (exact) mass is 200 g/mol. The lowest BCUT2D eigenvalue weighted by Crippen LogP contribution is -2.46. The van der Waals surface area contributed by atoms with E-state index in [1.54, 1.807) is 0 Å². The molecule has 0 amide bonds. The predicted molar refractivity (Wildman–Crippen MR) is 61.9 cm³/mol. The van der Waals surface area contributed by atoms with E-state index in [-0.39, 0.29) is 9.68 Å². The quantitative estimate of drug-likeness (QED) is 0.608. The van der Waals surface area contributed by atoms with Crippen LogP contribution in [0.25, 0.3) is 0 Å². The fraction of sp³-hybridized carbons (Fsp3) is 1.00. The van der Waals surface area contributed by atoms with E-state index in [2.05, 4.69) is 37.3 Å². The highest BCUT2D eigenvalue weighted by Gasteiger charge is 2.17. The normalized spacial score (nSPS) is 23.1. The molecule has 1 saturated heterocycles. The highest BCUT2D eigenvalue weighted by Crippen LogP contribution is 2.19. The van der Waals surface area contributed by atoms with Gasteiger partial charge in [-0.3, -0.25) is 0 Å². The van der Waals surface area contributed by atoms with E-state index in [1.165, 1.54) is 32.2 Å². The Balaban J connectivity index is 2.16. The van der Waals surface area contributed by atoms with Crippen LogP contribution in [-0.4, -0.2) is 52.4 Å². The van der Waals surface area contributed by atoms with Crippen molar-refractivity contribution in [2.45, 2.75) is 26.8 Å². The molecule has 3 heteroatoms. The number of hydrogen-bond acceptors (Lipinski definition) is 2. The fourth-order valence-corrected chi connectivity index (χ4v) is 3.28. The minimum Gasteiger partial charge on any atom is -0.327 e. The van der Waals surface area contributed by atoms with Gasteiger partial charge in [-0.25, -0.2) is 0 Å². The summed E-state index contributed by atoms with van der Waals surface area (Å²) in [6.07, 6.45) is 0. The molecule has 2 nitrogen and oxygen atoms in total. The molecule has 0 aromatic rings. The summed E-state index contributed by atoms with van der Waals surface area (Å²) in [6, 6.07) is 1.46. The van der Waals surface area contributed by atoms with E-state index in [0.717, 1.165) is 0 Å². The Hall–Kier alpha value is 0.137. The Morgan fingerprint density at radius 2 is 1.62 bits per heavy atom. The van der Waals surface area contributed by atoms with Crippen LogP contribution in [0.15, 0.2) is 0 Å². The van der Waals surface area contributed by atoms with Gasteiger partial charge in [0.1, 0.15) is 0 Å². The molecule has 0 aliphatic carbocycles. The maximum absolute atomic E-state index is 2.73. The van der Waals surface area contributed by atoms with Gasteiger partial charge in [0, 0.05) is 26.2 Å². The fourth-order valence-electron chi connectivity index (χ4n) is 1.57. The molecule has 0 radical (unpaired) electrons. The zero-order chi connectivity index (χ0) is 9.90. The third-order valence-corrected chi connectivity index (χ3v) is 5.76. The number of likely N-dealkylation sites (N-methyl/N-ethyl adjacent to an activating group) is 1. The van der Waals surface area contributed by atoms with Gasteiger partial charge in [0.25, 0.3) is 0 Å². The molecule has 0 aromatic heterocycles. The van der Waals surface area contributed by atoms with Crippen molar-refractivity contribution in [1.82, 2.24) is 9.47 Å². The second kappa shape index (κ2) is 4.58. The zero-order valence-corrected chi connectivity index (χ0v) is 11.1. The molecule has 0 aromatic carbocycles. The molecule has 0 spiro atoms. The van der Waals surface area contributed by atoms with Crippen LogP contribution in [0.5, 0.6) is 0 Å². The first kappa shape index (κ1) is 11.2. The first-order chi connectivity index (χ1) is 5.97. The molecular formula is C10H24N2Si. The van der Waals surface area contributed by atoms with E-state index in [1.807, 2.05) is 0 Å². The first-order valence-electron chi connectivity index (χ1n) is 5.38. The topological polar surface area (TPSA) is 6.48 Å². The molecule has 78 valence electrons. The maximum Gasteiger partial charge on any atom is 0.0957 e. The molecule has 1 fully saturated rings. The second-order valence-electron chi connectivity index (χ2n) is 5.46. The van der Waals surface area contributed by atoms with Crippen molar-refractivity contribution < 1.29 is 0 Å². The van der Waals surface area contributed by atoms with Crippen molar-refractivity contribution in [3.05, 3.63) is 0 Å². The molecule has 1 rings (SSSR count). The average Bonchev–Trinajstić information content (AvgIpc) is 2.02. The molecule has 0 unspecified atom stereocenters. The van der Waals surface area contributed by atoms with Crippen molar-refractivity contribution in [3.63, 3.8) is 0 Å². The molecule has 0 N–H and O–H groups in total. The van der Waals surface area contributed by atoms with Gasteiger partial charge in [0.2, 0.25) is 0 Å². The summed E-state index contributed by atoms with van der Waals surface area (Å²) in [6.45, 7) is 12.3. The Bertz CT molecular complexity index is 145. The summed E-state index contributed by atoms with van der Waals surface area (Å²) in [5.74, 6) is 0. The first-order valence-corrected chi connectivity index (χ1v) is 7.01. The Kier molecular flexibility index (Phi) is 3.95.